The average molecular weight is 633 g/mol. The minimum absolute atomic E-state index is 0.109. The SMILES string of the molecule is CCc1nc(-c2ccccc2)nc(-c2cccc3c2oc2c(-n4c5ccccc5c5cc6c(cc54)C(C)(C)c4ccccc4-6)cccc23)n1. The van der Waals surface area contributed by atoms with Gasteiger partial charge in [-0.25, -0.2) is 15.0 Å². The lowest BCUT2D eigenvalue weighted by atomic mass is 9.82. The van der Waals surface area contributed by atoms with Gasteiger partial charge in [0.05, 0.1) is 22.3 Å². The Morgan fingerprint density at radius 2 is 1.24 bits per heavy atom. The fraction of sp³-hybridized carbons (Fsp3) is 0.114. The second-order valence-electron chi connectivity index (χ2n) is 13.5. The molecule has 5 heteroatoms. The molecular formula is C44H32N4O. The second-order valence-corrected chi connectivity index (χ2v) is 13.5. The molecule has 9 aromatic rings. The number of hydrogen-bond acceptors (Lipinski definition) is 4. The Morgan fingerprint density at radius 3 is 2.10 bits per heavy atom. The Kier molecular flexibility index (Phi) is 5.83. The van der Waals surface area contributed by atoms with Gasteiger partial charge in [0.25, 0.3) is 0 Å². The van der Waals surface area contributed by atoms with Crippen LogP contribution in [-0.4, -0.2) is 19.5 Å². The summed E-state index contributed by atoms with van der Waals surface area (Å²) in [6.45, 7) is 6.75. The Balaban J connectivity index is 1.24. The van der Waals surface area contributed by atoms with Gasteiger partial charge in [0, 0.05) is 38.9 Å². The van der Waals surface area contributed by atoms with Gasteiger partial charge in [0.2, 0.25) is 0 Å². The van der Waals surface area contributed by atoms with Crippen molar-refractivity contribution in [1.29, 1.82) is 0 Å². The molecule has 3 heterocycles. The Labute approximate surface area is 283 Å². The predicted molar refractivity (Wildman–Crippen MR) is 199 cm³/mol. The maximum atomic E-state index is 6.97. The molecule has 5 nitrogen and oxygen atoms in total. The quantitative estimate of drug-likeness (QED) is 0.194. The summed E-state index contributed by atoms with van der Waals surface area (Å²) < 4.78 is 9.36. The molecular weight excluding hydrogens is 601 g/mol. The van der Waals surface area contributed by atoms with E-state index in [0.717, 1.165) is 50.1 Å². The molecule has 0 N–H and O–H groups in total. The van der Waals surface area contributed by atoms with Gasteiger partial charge in [0.1, 0.15) is 11.4 Å². The molecule has 0 bridgehead atoms. The number of hydrogen-bond donors (Lipinski definition) is 0. The van der Waals surface area contributed by atoms with Crippen LogP contribution in [0.1, 0.15) is 37.7 Å². The van der Waals surface area contributed by atoms with Crippen molar-refractivity contribution in [3.8, 4) is 39.6 Å². The second kappa shape index (κ2) is 10.2. The van der Waals surface area contributed by atoms with Crippen molar-refractivity contribution >= 4 is 43.7 Å². The highest BCUT2D eigenvalue weighted by molar-refractivity contribution is 6.15. The number of fused-ring (bicyclic) bond motifs is 9. The lowest BCUT2D eigenvalue weighted by Gasteiger charge is -2.21. The van der Waals surface area contributed by atoms with Crippen LogP contribution in [0.2, 0.25) is 0 Å². The lowest BCUT2D eigenvalue weighted by Crippen LogP contribution is -2.14. The van der Waals surface area contributed by atoms with Gasteiger partial charge >= 0.3 is 0 Å². The summed E-state index contributed by atoms with van der Waals surface area (Å²) in [6.07, 6.45) is 0.703. The number of benzene rings is 6. The topological polar surface area (TPSA) is 56.7 Å². The van der Waals surface area contributed by atoms with Crippen molar-refractivity contribution in [2.24, 2.45) is 0 Å². The van der Waals surface area contributed by atoms with Crippen molar-refractivity contribution in [2.75, 3.05) is 0 Å². The molecule has 49 heavy (non-hydrogen) atoms. The van der Waals surface area contributed by atoms with Crippen LogP contribution >= 0.6 is 0 Å². The highest BCUT2D eigenvalue weighted by atomic mass is 16.3. The molecule has 3 aromatic heterocycles. The van der Waals surface area contributed by atoms with Gasteiger partial charge in [-0.2, -0.15) is 0 Å². The van der Waals surface area contributed by atoms with Crippen molar-refractivity contribution in [3.05, 3.63) is 144 Å². The van der Waals surface area contributed by atoms with Crippen molar-refractivity contribution in [1.82, 2.24) is 19.5 Å². The largest absolute Gasteiger partial charge is 0.453 e. The first-order valence-corrected chi connectivity index (χ1v) is 16.9. The molecule has 0 fully saturated rings. The summed E-state index contributed by atoms with van der Waals surface area (Å²) in [5, 5.41) is 4.55. The van der Waals surface area contributed by atoms with Crippen LogP contribution in [0.4, 0.5) is 0 Å². The van der Waals surface area contributed by atoms with E-state index in [1.165, 1.54) is 38.5 Å². The number of rotatable bonds is 4. The number of para-hydroxylation sites is 3. The van der Waals surface area contributed by atoms with Crippen LogP contribution in [0.5, 0.6) is 0 Å². The molecule has 0 spiro atoms. The maximum Gasteiger partial charge on any atom is 0.167 e. The first-order chi connectivity index (χ1) is 24.0. The molecule has 0 atom stereocenters. The minimum Gasteiger partial charge on any atom is -0.453 e. The average Bonchev–Trinajstić information content (AvgIpc) is 3.77. The summed E-state index contributed by atoms with van der Waals surface area (Å²) in [6, 6.07) is 45.2. The molecule has 10 rings (SSSR count). The summed E-state index contributed by atoms with van der Waals surface area (Å²) in [4.78, 5) is 14.6. The maximum absolute atomic E-state index is 6.97. The fourth-order valence-electron chi connectivity index (χ4n) is 7.99. The van der Waals surface area contributed by atoms with Crippen molar-refractivity contribution in [3.63, 3.8) is 0 Å². The molecule has 0 radical (unpaired) electrons. The third-order valence-corrected chi connectivity index (χ3v) is 10.4. The molecule has 6 aromatic carbocycles. The van der Waals surface area contributed by atoms with Gasteiger partial charge in [-0.3, -0.25) is 0 Å². The molecule has 0 unspecified atom stereocenters. The Morgan fingerprint density at radius 1 is 0.551 bits per heavy atom. The van der Waals surface area contributed by atoms with Crippen LogP contribution in [-0.2, 0) is 11.8 Å². The number of aryl methyl sites for hydroxylation is 1. The van der Waals surface area contributed by atoms with E-state index >= 15 is 0 Å². The first-order valence-electron chi connectivity index (χ1n) is 16.9. The molecule has 1 aliphatic rings. The highest BCUT2D eigenvalue weighted by Crippen LogP contribution is 2.51. The molecule has 0 saturated heterocycles. The molecule has 0 aliphatic heterocycles. The standard InChI is InChI=1S/C44H32N4O/c1-4-39-45-42(26-14-6-5-7-15-26)47-43(46-39)31-20-12-18-29-30-19-13-23-37(41(30)49-40(29)31)48-36-22-11-9-17-28(36)33-24-32-27-16-8-10-21-34(27)44(2,3)35(32)25-38(33)48/h5-25H,4H2,1-3H3. The van der Waals surface area contributed by atoms with E-state index in [2.05, 4.69) is 122 Å². The molecule has 1 aliphatic carbocycles. The van der Waals surface area contributed by atoms with Gasteiger partial charge in [0.15, 0.2) is 17.2 Å². The van der Waals surface area contributed by atoms with Crippen LogP contribution in [0, 0.1) is 0 Å². The number of nitrogens with zero attached hydrogens (tertiary/aromatic N) is 4. The zero-order valence-electron chi connectivity index (χ0n) is 27.5. The molecule has 234 valence electrons. The third-order valence-electron chi connectivity index (χ3n) is 10.4. The first kappa shape index (κ1) is 28.0. The predicted octanol–water partition coefficient (Wildman–Crippen LogP) is 11.1. The van der Waals surface area contributed by atoms with Crippen LogP contribution in [0.25, 0.3) is 83.3 Å². The smallest absolute Gasteiger partial charge is 0.167 e. The highest BCUT2D eigenvalue weighted by Gasteiger charge is 2.36. The Bertz CT molecular complexity index is 2790. The van der Waals surface area contributed by atoms with Crippen molar-refractivity contribution < 1.29 is 4.42 Å². The fourth-order valence-corrected chi connectivity index (χ4v) is 7.99. The van der Waals surface area contributed by atoms with Gasteiger partial charge < -0.3 is 8.98 Å². The monoisotopic (exact) mass is 632 g/mol. The van der Waals surface area contributed by atoms with Crippen LogP contribution in [0.3, 0.4) is 0 Å². The number of furan rings is 1. The lowest BCUT2D eigenvalue weighted by molar-refractivity contribution is 0.660. The van der Waals surface area contributed by atoms with Gasteiger partial charge in [-0.1, -0.05) is 118 Å². The van der Waals surface area contributed by atoms with Crippen LogP contribution in [0.15, 0.2) is 132 Å². The minimum atomic E-state index is -0.109. The third kappa shape index (κ3) is 3.96. The normalized spacial score (nSPS) is 13.4. The zero-order chi connectivity index (χ0) is 32.9. The summed E-state index contributed by atoms with van der Waals surface area (Å²) in [7, 11) is 0. The van der Waals surface area contributed by atoms with Gasteiger partial charge in [-0.05, 0) is 52.6 Å². The zero-order valence-corrected chi connectivity index (χ0v) is 27.5. The summed E-state index contributed by atoms with van der Waals surface area (Å²) in [5.41, 5.74) is 12.0. The summed E-state index contributed by atoms with van der Waals surface area (Å²) >= 11 is 0. The number of aromatic nitrogens is 4. The molecule has 0 amide bonds. The van der Waals surface area contributed by atoms with E-state index in [-0.39, 0.29) is 5.41 Å². The summed E-state index contributed by atoms with van der Waals surface area (Å²) in [5.74, 6) is 2.03. The van der Waals surface area contributed by atoms with E-state index in [1.54, 1.807) is 0 Å². The van der Waals surface area contributed by atoms with E-state index < -0.39 is 0 Å². The van der Waals surface area contributed by atoms with E-state index in [0.29, 0.717) is 18.1 Å². The van der Waals surface area contributed by atoms with Crippen molar-refractivity contribution in [2.45, 2.75) is 32.6 Å². The Hall–Kier alpha value is -6.07. The van der Waals surface area contributed by atoms with E-state index in [1.807, 2.05) is 30.3 Å². The van der Waals surface area contributed by atoms with E-state index in [9.17, 15) is 0 Å². The van der Waals surface area contributed by atoms with E-state index in [4.69, 9.17) is 19.4 Å². The van der Waals surface area contributed by atoms with Gasteiger partial charge in [-0.15, -0.1) is 0 Å². The molecule has 0 saturated carbocycles. The van der Waals surface area contributed by atoms with Crippen LogP contribution < -0.4 is 0 Å².